The van der Waals surface area contributed by atoms with E-state index in [0.717, 1.165) is 51.4 Å². The number of aliphatic hydroxyl groups is 2. The van der Waals surface area contributed by atoms with Gasteiger partial charge >= 0.3 is 5.97 Å². The van der Waals surface area contributed by atoms with Crippen molar-refractivity contribution in [3.63, 3.8) is 0 Å². The van der Waals surface area contributed by atoms with Gasteiger partial charge < -0.3 is 20.3 Å². The average Bonchev–Trinajstić information content (AvgIpc) is 3.36. The van der Waals surface area contributed by atoms with Gasteiger partial charge in [-0.2, -0.15) is 0 Å². The first-order valence-electron chi connectivity index (χ1n) is 31.3. The summed E-state index contributed by atoms with van der Waals surface area (Å²) in [5.41, 5.74) is 0. The molecule has 2 unspecified atom stereocenters. The lowest BCUT2D eigenvalue weighted by Gasteiger charge is -2.20. The minimum atomic E-state index is -0.844. The van der Waals surface area contributed by atoms with E-state index in [-0.39, 0.29) is 18.5 Å². The SMILES string of the molecule is CCCCC/C=C\C/C=C\CCCCCCCCCCCC(=O)OCCCCCCCCCCCCCCCCCCCCCCCCC(=O)NC(CO)C(O)/C=C/CCCCCCCCCCCC. The Bertz CT molecular complexity index is 1130. The van der Waals surface area contributed by atoms with E-state index in [1.54, 1.807) is 6.08 Å². The zero-order chi connectivity index (χ0) is 50.7. The topological polar surface area (TPSA) is 95.9 Å². The van der Waals surface area contributed by atoms with E-state index < -0.39 is 12.1 Å². The Hall–Kier alpha value is -1.92. The van der Waals surface area contributed by atoms with Crippen molar-refractivity contribution in [2.75, 3.05) is 13.2 Å². The number of esters is 1. The molecule has 0 bridgehead atoms. The molecule has 6 heteroatoms. The van der Waals surface area contributed by atoms with Crippen molar-refractivity contribution >= 4 is 11.9 Å². The van der Waals surface area contributed by atoms with Gasteiger partial charge in [0.25, 0.3) is 0 Å². The van der Waals surface area contributed by atoms with Gasteiger partial charge in [0.2, 0.25) is 5.91 Å². The Balaban J connectivity index is 3.37. The van der Waals surface area contributed by atoms with Crippen molar-refractivity contribution in [3.05, 3.63) is 36.5 Å². The molecule has 0 heterocycles. The molecule has 1 amide bonds. The fourth-order valence-electron chi connectivity index (χ4n) is 9.61. The third kappa shape index (κ3) is 55.4. The largest absolute Gasteiger partial charge is 0.466 e. The molecule has 0 saturated carbocycles. The fraction of sp³-hybridized carbons (Fsp3) is 0.875. The summed E-state index contributed by atoms with van der Waals surface area (Å²) < 4.78 is 5.50. The van der Waals surface area contributed by atoms with E-state index in [9.17, 15) is 19.8 Å². The lowest BCUT2D eigenvalue weighted by atomic mass is 10.0. The molecule has 0 radical (unpaired) electrons. The van der Waals surface area contributed by atoms with Crippen molar-refractivity contribution < 1.29 is 24.5 Å². The summed E-state index contributed by atoms with van der Waals surface area (Å²) in [5, 5.41) is 23.1. The summed E-state index contributed by atoms with van der Waals surface area (Å²) in [6.07, 6.45) is 74.7. The highest BCUT2D eigenvalue weighted by Gasteiger charge is 2.18. The summed E-state index contributed by atoms with van der Waals surface area (Å²) in [7, 11) is 0. The molecule has 0 aliphatic heterocycles. The third-order valence-corrected chi connectivity index (χ3v) is 14.4. The van der Waals surface area contributed by atoms with Gasteiger partial charge in [-0.3, -0.25) is 9.59 Å². The van der Waals surface area contributed by atoms with Crippen molar-refractivity contribution in [2.45, 2.75) is 347 Å². The number of allylic oxidation sites excluding steroid dienone is 5. The molecule has 0 aromatic carbocycles. The number of rotatable bonds is 58. The number of unbranched alkanes of at least 4 members (excludes halogenated alkanes) is 43. The monoisotopic (exact) mass is 984 g/mol. The van der Waals surface area contributed by atoms with Crippen molar-refractivity contribution in [1.82, 2.24) is 5.32 Å². The van der Waals surface area contributed by atoms with Gasteiger partial charge in [0, 0.05) is 12.8 Å². The van der Waals surface area contributed by atoms with Gasteiger partial charge in [-0.05, 0) is 64.2 Å². The van der Waals surface area contributed by atoms with E-state index in [1.165, 1.54) is 257 Å². The second-order valence-electron chi connectivity index (χ2n) is 21.4. The highest BCUT2D eigenvalue weighted by Crippen LogP contribution is 2.17. The van der Waals surface area contributed by atoms with E-state index in [1.807, 2.05) is 6.08 Å². The van der Waals surface area contributed by atoms with E-state index in [2.05, 4.69) is 43.5 Å². The van der Waals surface area contributed by atoms with E-state index in [0.29, 0.717) is 19.4 Å². The van der Waals surface area contributed by atoms with Gasteiger partial charge in [-0.1, -0.05) is 294 Å². The second kappa shape index (κ2) is 59.6. The lowest BCUT2D eigenvalue weighted by Crippen LogP contribution is -2.45. The Morgan fingerprint density at radius 3 is 1.11 bits per heavy atom. The number of nitrogens with one attached hydrogen (secondary N) is 1. The molecular formula is C64H121NO5. The summed E-state index contributed by atoms with van der Waals surface area (Å²) in [6, 6.07) is -0.627. The molecule has 0 aromatic rings. The third-order valence-electron chi connectivity index (χ3n) is 14.4. The molecule has 0 fully saturated rings. The Labute approximate surface area is 436 Å². The van der Waals surface area contributed by atoms with Crippen LogP contribution < -0.4 is 5.32 Å². The molecule has 3 N–H and O–H groups in total. The number of carbonyl (C=O) groups excluding carboxylic acids is 2. The molecule has 0 aromatic heterocycles. The molecule has 70 heavy (non-hydrogen) atoms. The zero-order valence-corrected chi connectivity index (χ0v) is 47.0. The molecule has 0 aliphatic rings. The Kier molecular flexibility index (Phi) is 58.0. The first-order chi connectivity index (χ1) is 34.5. The molecule has 0 saturated heterocycles. The number of ether oxygens (including phenoxy) is 1. The summed E-state index contributed by atoms with van der Waals surface area (Å²) >= 11 is 0. The Morgan fingerprint density at radius 2 is 0.714 bits per heavy atom. The van der Waals surface area contributed by atoms with E-state index >= 15 is 0 Å². The van der Waals surface area contributed by atoms with Crippen LogP contribution in [0.25, 0.3) is 0 Å². The maximum Gasteiger partial charge on any atom is 0.305 e. The van der Waals surface area contributed by atoms with Crippen LogP contribution in [0.1, 0.15) is 335 Å². The molecule has 6 nitrogen and oxygen atoms in total. The minimum Gasteiger partial charge on any atom is -0.466 e. The maximum absolute atomic E-state index is 12.4. The van der Waals surface area contributed by atoms with Crippen LogP contribution in [0.2, 0.25) is 0 Å². The number of aliphatic hydroxyl groups excluding tert-OH is 2. The number of amides is 1. The maximum atomic E-state index is 12.4. The van der Waals surface area contributed by atoms with Crippen molar-refractivity contribution in [3.8, 4) is 0 Å². The number of carbonyl (C=O) groups is 2. The van der Waals surface area contributed by atoms with Gasteiger partial charge in [0.05, 0.1) is 25.4 Å². The highest BCUT2D eigenvalue weighted by molar-refractivity contribution is 5.76. The lowest BCUT2D eigenvalue weighted by molar-refractivity contribution is -0.143. The van der Waals surface area contributed by atoms with Crippen LogP contribution in [0.4, 0.5) is 0 Å². The average molecular weight is 985 g/mol. The second-order valence-corrected chi connectivity index (χ2v) is 21.4. The molecular weight excluding hydrogens is 863 g/mol. The molecule has 412 valence electrons. The summed E-state index contributed by atoms with van der Waals surface area (Å²) in [5.74, 6) is -0.0594. The Morgan fingerprint density at radius 1 is 0.400 bits per heavy atom. The molecule has 0 spiro atoms. The minimum absolute atomic E-state index is 0.00891. The fourth-order valence-corrected chi connectivity index (χ4v) is 9.61. The molecule has 2 atom stereocenters. The molecule has 0 rings (SSSR count). The first-order valence-corrected chi connectivity index (χ1v) is 31.3. The summed E-state index contributed by atoms with van der Waals surface area (Å²) in [6.45, 7) is 4.88. The quantitative estimate of drug-likeness (QED) is 0.0321. The normalized spacial score (nSPS) is 12.8. The summed E-state index contributed by atoms with van der Waals surface area (Å²) in [4.78, 5) is 24.5. The van der Waals surface area contributed by atoms with Crippen molar-refractivity contribution in [1.29, 1.82) is 0 Å². The predicted octanol–water partition coefficient (Wildman–Crippen LogP) is 19.6. The van der Waals surface area contributed by atoms with Gasteiger partial charge in [0.1, 0.15) is 0 Å². The van der Waals surface area contributed by atoms with Crippen LogP contribution in [0.3, 0.4) is 0 Å². The number of hydrogen-bond donors (Lipinski definition) is 3. The smallest absolute Gasteiger partial charge is 0.305 e. The van der Waals surface area contributed by atoms with Crippen LogP contribution in [0.5, 0.6) is 0 Å². The predicted molar refractivity (Wildman–Crippen MR) is 306 cm³/mol. The standard InChI is InChI=1S/C64H121NO5/c1-3-5-7-9-11-13-15-17-18-19-24-28-31-34-38-42-46-50-54-58-64(69)70-59-55-51-47-43-39-35-32-29-26-23-21-20-22-25-27-30-33-37-41-45-49-53-57-63(68)65-61(60-66)62(67)56-52-48-44-40-36-16-14-12-10-8-6-4-2/h11,13,17-18,52,56,61-62,66-67H,3-10,12,14-16,19-51,53-55,57-60H2,1-2H3,(H,65,68)/b13-11-,18-17-,56-52+. The van der Waals surface area contributed by atoms with E-state index in [4.69, 9.17) is 4.74 Å². The first kappa shape index (κ1) is 68.1. The van der Waals surface area contributed by atoms with Crippen LogP contribution in [-0.4, -0.2) is 47.4 Å². The highest BCUT2D eigenvalue weighted by atomic mass is 16.5. The zero-order valence-electron chi connectivity index (χ0n) is 47.0. The van der Waals surface area contributed by atoms with Crippen LogP contribution >= 0.6 is 0 Å². The van der Waals surface area contributed by atoms with Gasteiger partial charge in [0.15, 0.2) is 0 Å². The van der Waals surface area contributed by atoms with Gasteiger partial charge in [-0.25, -0.2) is 0 Å². The van der Waals surface area contributed by atoms with Crippen LogP contribution in [0, 0.1) is 0 Å². The van der Waals surface area contributed by atoms with Crippen LogP contribution in [-0.2, 0) is 14.3 Å². The van der Waals surface area contributed by atoms with Gasteiger partial charge in [-0.15, -0.1) is 0 Å². The van der Waals surface area contributed by atoms with Crippen molar-refractivity contribution in [2.24, 2.45) is 0 Å². The number of hydrogen-bond acceptors (Lipinski definition) is 5. The van der Waals surface area contributed by atoms with Crippen LogP contribution in [0.15, 0.2) is 36.5 Å². The molecule has 0 aliphatic carbocycles.